The lowest BCUT2D eigenvalue weighted by Gasteiger charge is -2.17. The smallest absolute Gasteiger partial charge is 0.213 e. The molecule has 7 heteroatoms. The minimum atomic E-state index is -3.33. The molecule has 0 aliphatic carbocycles. The summed E-state index contributed by atoms with van der Waals surface area (Å²) in [6.45, 7) is 3.21. The molecule has 24 heavy (non-hydrogen) atoms. The Morgan fingerprint density at radius 1 is 1.12 bits per heavy atom. The van der Waals surface area contributed by atoms with Crippen LogP contribution in [0.1, 0.15) is 25.2 Å². The van der Waals surface area contributed by atoms with E-state index >= 15 is 0 Å². The highest BCUT2D eigenvalue weighted by atomic mass is 32.2. The molecule has 0 radical (unpaired) electrons. The number of sulfone groups is 1. The van der Waals surface area contributed by atoms with Crippen LogP contribution in [0.5, 0.6) is 0 Å². The maximum Gasteiger partial charge on any atom is 0.213 e. The quantitative estimate of drug-likeness (QED) is 0.850. The average Bonchev–Trinajstić information content (AvgIpc) is 3.00. The van der Waals surface area contributed by atoms with Gasteiger partial charge in [0.15, 0.2) is 21.3 Å². The van der Waals surface area contributed by atoms with Crippen LogP contribution in [0, 0.1) is 5.82 Å². The largest absolute Gasteiger partial charge is 0.478 e. The zero-order valence-corrected chi connectivity index (χ0v) is 14.1. The molecule has 5 nitrogen and oxygen atoms in total. The van der Waals surface area contributed by atoms with E-state index in [1.807, 2.05) is 0 Å². The van der Waals surface area contributed by atoms with Crippen molar-refractivity contribution in [3.05, 3.63) is 53.7 Å². The Balaban J connectivity index is 2.15. The van der Waals surface area contributed by atoms with Crippen molar-refractivity contribution in [2.75, 3.05) is 6.26 Å². The molecular formula is C17H15FO5S. The Kier molecular flexibility index (Phi) is 3.64. The molecule has 1 aliphatic heterocycles. The van der Waals surface area contributed by atoms with Gasteiger partial charge in [0, 0.05) is 17.9 Å². The lowest BCUT2D eigenvalue weighted by Crippen LogP contribution is -2.29. The number of benzene rings is 1. The van der Waals surface area contributed by atoms with Crippen LogP contribution in [0.3, 0.4) is 0 Å². The molecule has 1 aliphatic rings. The number of furan rings is 1. The number of halogens is 1. The van der Waals surface area contributed by atoms with Crippen LogP contribution in [0.25, 0.3) is 11.3 Å². The number of ether oxygens (including phenoxy) is 1. The zero-order chi connectivity index (χ0) is 17.7. The van der Waals surface area contributed by atoms with E-state index in [-0.39, 0.29) is 27.8 Å². The summed E-state index contributed by atoms with van der Waals surface area (Å²) < 4.78 is 47.2. The Morgan fingerprint density at radius 3 is 2.25 bits per heavy atom. The Labute approximate surface area is 138 Å². The Hall–Kier alpha value is -2.41. The molecule has 0 N–H and O–H groups in total. The summed E-state index contributed by atoms with van der Waals surface area (Å²) in [7, 11) is -3.33. The fourth-order valence-corrected chi connectivity index (χ4v) is 3.11. The van der Waals surface area contributed by atoms with Crippen LogP contribution in [0.4, 0.5) is 4.39 Å². The normalized spacial score (nSPS) is 17.2. The second kappa shape index (κ2) is 5.31. The molecule has 0 fully saturated rings. The number of ketones is 1. The van der Waals surface area contributed by atoms with Crippen molar-refractivity contribution in [2.24, 2.45) is 0 Å². The van der Waals surface area contributed by atoms with Gasteiger partial charge in [-0.05, 0) is 38.1 Å². The van der Waals surface area contributed by atoms with Crippen LogP contribution in [-0.2, 0) is 19.4 Å². The van der Waals surface area contributed by atoms with Crippen molar-refractivity contribution in [3.63, 3.8) is 0 Å². The van der Waals surface area contributed by atoms with Gasteiger partial charge in [-0.15, -0.1) is 0 Å². The van der Waals surface area contributed by atoms with Crippen molar-refractivity contribution in [1.82, 2.24) is 0 Å². The first kappa shape index (κ1) is 16.4. The summed E-state index contributed by atoms with van der Waals surface area (Å²) in [6.07, 6.45) is 2.02. The molecule has 0 bridgehead atoms. The van der Waals surface area contributed by atoms with Crippen LogP contribution in [0.2, 0.25) is 0 Å². The van der Waals surface area contributed by atoms with Crippen molar-refractivity contribution in [2.45, 2.75) is 24.3 Å². The van der Waals surface area contributed by atoms with Gasteiger partial charge in [0.05, 0.1) is 4.90 Å². The molecule has 0 amide bonds. The first-order valence-electron chi connectivity index (χ1n) is 7.12. The van der Waals surface area contributed by atoms with Crippen molar-refractivity contribution in [1.29, 1.82) is 0 Å². The Bertz CT molecular complexity index is 949. The monoisotopic (exact) mass is 350 g/mol. The van der Waals surface area contributed by atoms with E-state index in [9.17, 15) is 17.6 Å². The number of Topliss-reactive ketones (excluding diaryl/α,β-unsaturated/α-hetero) is 1. The predicted molar refractivity (Wildman–Crippen MR) is 85.2 cm³/mol. The van der Waals surface area contributed by atoms with Gasteiger partial charge in [-0.25, -0.2) is 12.8 Å². The van der Waals surface area contributed by atoms with E-state index in [1.165, 1.54) is 12.1 Å². The summed E-state index contributed by atoms with van der Waals surface area (Å²) in [5.74, 6) is -0.620. The highest BCUT2D eigenvalue weighted by molar-refractivity contribution is 7.90. The van der Waals surface area contributed by atoms with Crippen molar-refractivity contribution in [3.8, 4) is 0 Å². The van der Waals surface area contributed by atoms with E-state index in [1.54, 1.807) is 26.0 Å². The third-order valence-electron chi connectivity index (χ3n) is 3.72. The first-order valence-corrected chi connectivity index (χ1v) is 9.02. The van der Waals surface area contributed by atoms with Crippen molar-refractivity contribution >= 4 is 27.0 Å². The third kappa shape index (κ3) is 2.75. The topological polar surface area (TPSA) is 73.6 Å². The van der Waals surface area contributed by atoms with Gasteiger partial charge in [-0.2, -0.15) is 0 Å². The SMILES string of the molecule is CC1(C)OC(c2ccc(S(C)(=O)=O)cc2)=C(c2cc(F)co2)C1=O. The molecule has 0 spiro atoms. The fraction of sp³-hybridized carbons (Fsp3) is 0.235. The van der Waals surface area contributed by atoms with Gasteiger partial charge in [-0.1, -0.05) is 0 Å². The molecule has 3 rings (SSSR count). The number of hydrogen-bond donors (Lipinski definition) is 0. The van der Waals surface area contributed by atoms with Crippen LogP contribution < -0.4 is 0 Å². The molecular weight excluding hydrogens is 335 g/mol. The zero-order valence-electron chi connectivity index (χ0n) is 13.3. The molecule has 2 aromatic rings. The van der Waals surface area contributed by atoms with Gasteiger partial charge < -0.3 is 9.15 Å². The number of carbonyl (C=O) groups excluding carboxylic acids is 1. The fourth-order valence-electron chi connectivity index (χ4n) is 2.48. The van der Waals surface area contributed by atoms with Crippen LogP contribution >= 0.6 is 0 Å². The summed E-state index contributed by atoms with van der Waals surface area (Å²) in [5.41, 5.74) is -0.479. The maximum atomic E-state index is 13.3. The molecule has 1 aromatic heterocycles. The predicted octanol–water partition coefficient (Wildman–Crippen LogP) is 3.07. The number of rotatable bonds is 3. The summed E-state index contributed by atoms with van der Waals surface area (Å²) in [5, 5.41) is 0. The van der Waals surface area contributed by atoms with Gasteiger partial charge in [0.1, 0.15) is 23.4 Å². The molecule has 126 valence electrons. The van der Waals surface area contributed by atoms with Crippen LogP contribution in [-0.4, -0.2) is 26.1 Å². The van der Waals surface area contributed by atoms with Crippen molar-refractivity contribution < 1.29 is 26.8 Å². The van der Waals surface area contributed by atoms with E-state index in [0.29, 0.717) is 5.56 Å². The molecule has 1 aromatic carbocycles. The maximum absolute atomic E-state index is 13.3. The molecule has 0 unspecified atom stereocenters. The molecule has 2 heterocycles. The van der Waals surface area contributed by atoms with Gasteiger partial charge in [0.2, 0.25) is 5.78 Å². The van der Waals surface area contributed by atoms with E-state index < -0.39 is 21.3 Å². The average molecular weight is 350 g/mol. The summed E-state index contributed by atoms with van der Waals surface area (Å²) in [6, 6.07) is 7.05. The van der Waals surface area contributed by atoms with Crippen LogP contribution in [0.15, 0.2) is 45.9 Å². The van der Waals surface area contributed by atoms with Gasteiger partial charge in [-0.3, -0.25) is 4.79 Å². The Morgan fingerprint density at radius 2 is 1.75 bits per heavy atom. The van der Waals surface area contributed by atoms with E-state index in [4.69, 9.17) is 9.15 Å². The minimum absolute atomic E-state index is 0.0743. The van der Waals surface area contributed by atoms with E-state index in [2.05, 4.69) is 0 Å². The highest BCUT2D eigenvalue weighted by Gasteiger charge is 2.44. The van der Waals surface area contributed by atoms with Gasteiger partial charge in [0.25, 0.3) is 0 Å². The highest BCUT2D eigenvalue weighted by Crippen LogP contribution is 2.41. The summed E-state index contributed by atoms with van der Waals surface area (Å²) in [4.78, 5) is 12.7. The minimum Gasteiger partial charge on any atom is -0.478 e. The number of carbonyl (C=O) groups is 1. The molecule has 0 saturated carbocycles. The standard InChI is InChI=1S/C17H15FO5S/c1-17(2)16(19)14(13-8-11(18)9-22-13)15(23-17)10-4-6-12(7-5-10)24(3,20)21/h4-9H,1-3H3. The third-order valence-corrected chi connectivity index (χ3v) is 4.85. The first-order chi connectivity index (χ1) is 11.1. The molecule has 0 saturated heterocycles. The second-order valence-corrected chi connectivity index (χ2v) is 8.09. The summed E-state index contributed by atoms with van der Waals surface area (Å²) >= 11 is 0. The van der Waals surface area contributed by atoms with Gasteiger partial charge >= 0.3 is 0 Å². The lowest BCUT2D eigenvalue weighted by molar-refractivity contribution is -0.125. The van der Waals surface area contributed by atoms with E-state index in [0.717, 1.165) is 18.6 Å². The number of hydrogen-bond acceptors (Lipinski definition) is 5. The second-order valence-electron chi connectivity index (χ2n) is 6.07. The lowest BCUT2D eigenvalue weighted by atomic mass is 9.96. The molecule has 0 atom stereocenters.